The van der Waals surface area contributed by atoms with Crippen molar-refractivity contribution < 1.29 is 18.0 Å². The molecule has 0 spiro atoms. The van der Waals surface area contributed by atoms with Crippen LogP contribution in [0.1, 0.15) is 44.7 Å². The molecule has 2 amide bonds. The van der Waals surface area contributed by atoms with E-state index in [1.54, 1.807) is 61.5 Å². The molecule has 0 saturated carbocycles. The molecule has 3 aromatic carbocycles. The van der Waals surface area contributed by atoms with Crippen molar-refractivity contribution in [2.24, 2.45) is 0 Å². The molecule has 0 bridgehead atoms. The molecule has 40 heavy (non-hydrogen) atoms. The van der Waals surface area contributed by atoms with Crippen molar-refractivity contribution in [2.45, 2.75) is 64.1 Å². The van der Waals surface area contributed by atoms with Gasteiger partial charge in [0.05, 0.1) is 10.6 Å². The number of amides is 2. The molecule has 0 aliphatic heterocycles. The molecule has 1 N–H and O–H groups in total. The number of nitrogens with one attached hydrogen (secondary N) is 1. The Morgan fingerprint density at radius 1 is 0.900 bits per heavy atom. The van der Waals surface area contributed by atoms with Crippen molar-refractivity contribution in [1.82, 2.24) is 10.2 Å². The number of halogens is 2. The second kappa shape index (κ2) is 14.0. The highest BCUT2D eigenvalue weighted by molar-refractivity contribution is 7.92. The van der Waals surface area contributed by atoms with Gasteiger partial charge in [0.2, 0.25) is 11.8 Å². The summed E-state index contributed by atoms with van der Waals surface area (Å²) in [5.74, 6) is -0.865. The van der Waals surface area contributed by atoms with Crippen LogP contribution < -0.4 is 9.62 Å². The second-order valence-corrected chi connectivity index (χ2v) is 12.3. The van der Waals surface area contributed by atoms with Crippen LogP contribution >= 0.6 is 23.2 Å². The van der Waals surface area contributed by atoms with Gasteiger partial charge in [-0.05, 0) is 68.1 Å². The monoisotopic (exact) mass is 603 g/mol. The first-order valence-corrected chi connectivity index (χ1v) is 15.4. The zero-order valence-electron chi connectivity index (χ0n) is 23.1. The third-order valence-electron chi connectivity index (χ3n) is 6.74. The lowest BCUT2D eigenvalue weighted by Crippen LogP contribution is -2.53. The Morgan fingerprint density at radius 3 is 2.15 bits per heavy atom. The molecule has 3 aromatic rings. The van der Waals surface area contributed by atoms with Gasteiger partial charge >= 0.3 is 0 Å². The molecule has 0 aromatic heterocycles. The highest BCUT2D eigenvalue weighted by Crippen LogP contribution is 2.29. The molecule has 0 radical (unpaired) electrons. The molecular formula is C30H35Cl2N3O4S. The van der Waals surface area contributed by atoms with E-state index >= 15 is 0 Å². The van der Waals surface area contributed by atoms with E-state index in [1.807, 2.05) is 20.8 Å². The summed E-state index contributed by atoms with van der Waals surface area (Å²) >= 11 is 12.8. The predicted molar refractivity (Wildman–Crippen MR) is 161 cm³/mol. The van der Waals surface area contributed by atoms with Crippen molar-refractivity contribution in [2.75, 3.05) is 10.8 Å². The fourth-order valence-electron chi connectivity index (χ4n) is 4.16. The quantitative estimate of drug-likeness (QED) is 0.266. The van der Waals surface area contributed by atoms with E-state index in [0.717, 1.165) is 16.3 Å². The molecule has 0 fully saturated rings. The minimum atomic E-state index is -4.17. The predicted octanol–water partition coefficient (Wildman–Crippen LogP) is 6.22. The first-order chi connectivity index (χ1) is 19.0. The normalized spacial score (nSPS) is 12.8. The summed E-state index contributed by atoms with van der Waals surface area (Å²) in [7, 11) is -4.17. The molecule has 214 valence electrons. The van der Waals surface area contributed by atoms with Crippen LogP contribution in [-0.4, -0.2) is 43.8 Å². The van der Waals surface area contributed by atoms with Gasteiger partial charge < -0.3 is 10.2 Å². The van der Waals surface area contributed by atoms with Crippen LogP contribution in [0.4, 0.5) is 5.69 Å². The van der Waals surface area contributed by atoms with Crippen LogP contribution in [0.5, 0.6) is 0 Å². The highest BCUT2D eigenvalue weighted by Gasteiger charge is 2.34. The number of hydrogen-bond donors (Lipinski definition) is 1. The average Bonchev–Trinajstić information content (AvgIpc) is 2.94. The zero-order valence-corrected chi connectivity index (χ0v) is 25.4. The topological polar surface area (TPSA) is 86.8 Å². The number of carbonyl (C=O) groups is 2. The van der Waals surface area contributed by atoms with Crippen molar-refractivity contribution in [3.63, 3.8) is 0 Å². The number of benzene rings is 3. The summed E-state index contributed by atoms with van der Waals surface area (Å²) in [4.78, 5) is 28.9. The molecular weight excluding hydrogens is 569 g/mol. The van der Waals surface area contributed by atoms with Crippen LogP contribution in [0.2, 0.25) is 10.0 Å². The van der Waals surface area contributed by atoms with E-state index in [0.29, 0.717) is 22.0 Å². The van der Waals surface area contributed by atoms with Gasteiger partial charge in [-0.15, -0.1) is 0 Å². The van der Waals surface area contributed by atoms with Crippen LogP contribution in [0.15, 0.2) is 77.7 Å². The number of rotatable bonds is 12. The molecule has 7 nitrogen and oxygen atoms in total. The van der Waals surface area contributed by atoms with Crippen molar-refractivity contribution >= 4 is 50.7 Å². The third kappa shape index (κ3) is 7.56. The maximum absolute atomic E-state index is 14.1. The number of aryl methyl sites for hydroxylation is 1. The van der Waals surface area contributed by atoms with E-state index in [-0.39, 0.29) is 29.1 Å². The molecule has 0 heterocycles. The Labute approximate surface area is 247 Å². The second-order valence-electron chi connectivity index (χ2n) is 9.61. The molecule has 3 rings (SSSR count). The molecule has 2 unspecified atom stereocenters. The lowest BCUT2D eigenvalue weighted by molar-refractivity contribution is -0.140. The van der Waals surface area contributed by atoms with E-state index in [9.17, 15) is 18.0 Å². The van der Waals surface area contributed by atoms with Crippen LogP contribution in [-0.2, 0) is 26.2 Å². The molecule has 0 aliphatic carbocycles. The molecule has 2 atom stereocenters. The van der Waals surface area contributed by atoms with E-state index in [1.165, 1.54) is 23.1 Å². The van der Waals surface area contributed by atoms with Crippen molar-refractivity contribution in [3.8, 4) is 0 Å². The summed E-state index contributed by atoms with van der Waals surface area (Å²) in [6.07, 6.45) is 1.04. The summed E-state index contributed by atoms with van der Waals surface area (Å²) in [6.45, 7) is 6.94. The maximum atomic E-state index is 14.1. The van der Waals surface area contributed by atoms with Gasteiger partial charge in [-0.1, -0.05) is 79.5 Å². The van der Waals surface area contributed by atoms with Gasteiger partial charge in [-0.2, -0.15) is 0 Å². The Balaban J connectivity index is 2.08. The molecule has 10 heteroatoms. The Morgan fingerprint density at radius 2 is 1.55 bits per heavy atom. The number of anilines is 1. The standard InChI is InChI=1S/C30H35Cl2N3O4S/c1-5-22(4)33-30(37)28(6-2)34(19-23-12-10-11-15-26(23)31)29(36)20-35(24-17-16-21(3)27(32)18-24)40(38,39)25-13-8-7-9-14-25/h7-18,22,28H,5-6,19-20H2,1-4H3,(H,33,37). The smallest absolute Gasteiger partial charge is 0.264 e. The maximum Gasteiger partial charge on any atom is 0.264 e. The van der Waals surface area contributed by atoms with Gasteiger partial charge in [-0.3, -0.25) is 13.9 Å². The number of nitrogens with zero attached hydrogens (tertiary/aromatic N) is 2. The van der Waals surface area contributed by atoms with Gasteiger partial charge in [-0.25, -0.2) is 8.42 Å². The van der Waals surface area contributed by atoms with Crippen molar-refractivity contribution in [1.29, 1.82) is 0 Å². The van der Waals surface area contributed by atoms with Crippen LogP contribution in [0.25, 0.3) is 0 Å². The van der Waals surface area contributed by atoms with Gasteiger partial charge in [0.25, 0.3) is 10.0 Å². The van der Waals surface area contributed by atoms with Crippen LogP contribution in [0, 0.1) is 6.92 Å². The van der Waals surface area contributed by atoms with E-state index in [2.05, 4.69) is 5.32 Å². The van der Waals surface area contributed by atoms with E-state index in [4.69, 9.17) is 23.2 Å². The van der Waals surface area contributed by atoms with Gasteiger partial charge in [0.15, 0.2) is 0 Å². The molecule has 0 saturated heterocycles. The number of carbonyl (C=O) groups excluding carboxylic acids is 2. The lowest BCUT2D eigenvalue weighted by atomic mass is 10.1. The fourth-order valence-corrected chi connectivity index (χ4v) is 5.95. The van der Waals surface area contributed by atoms with E-state index < -0.39 is 28.5 Å². The summed E-state index contributed by atoms with van der Waals surface area (Å²) < 4.78 is 28.8. The third-order valence-corrected chi connectivity index (χ3v) is 9.30. The zero-order chi connectivity index (χ0) is 29.4. The summed E-state index contributed by atoms with van der Waals surface area (Å²) in [5, 5.41) is 3.76. The van der Waals surface area contributed by atoms with Crippen LogP contribution in [0.3, 0.4) is 0 Å². The number of hydrogen-bond acceptors (Lipinski definition) is 4. The Hall–Kier alpha value is -3.07. The Bertz CT molecular complexity index is 1430. The summed E-state index contributed by atoms with van der Waals surface area (Å²) in [6, 6.07) is 18.8. The number of sulfonamides is 1. The minimum Gasteiger partial charge on any atom is -0.352 e. The fraction of sp³-hybridized carbons (Fsp3) is 0.333. The Kier molecular flexibility index (Phi) is 11.0. The largest absolute Gasteiger partial charge is 0.352 e. The van der Waals surface area contributed by atoms with Crippen molar-refractivity contribution in [3.05, 3.63) is 94.0 Å². The minimum absolute atomic E-state index is 0.0266. The summed E-state index contributed by atoms with van der Waals surface area (Å²) in [5.41, 5.74) is 1.65. The molecule has 0 aliphatic rings. The van der Waals surface area contributed by atoms with Gasteiger partial charge in [0.1, 0.15) is 12.6 Å². The first kappa shape index (κ1) is 31.5. The highest BCUT2D eigenvalue weighted by atomic mass is 35.5. The lowest BCUT2D eigenvalue weighted by Gasteiger charge is -2.34. The van der Waals surface area contributed by atoms with Gasteiger partial charge in [0, 0.05) is 22.6 Å². The first-order valence-electron chi connectivity index (χ1n) is 13.2. The SMILES string of the molecule is CCC(C)NC(=O)C(CC)N(Cc1ccccc1Cl)C(=O)CN(c1ccc(C)c(Cl)c1)S(=O)(=O)c1ccccc1. The average molecular weight is 605 g/mol.